The van der Waals surface area contributed by atoms with Crippen molar-refractivity contribution in [2.75, 3.05) is 5.73 Å². The van der Waals surface area contributed by atoms with Gasteiger partial charge in [0.1, 0.15) is 5.69 Å². The first-order valence-electron chi connectivity index (χ1n) is 6.65. The molecule has 0 radical (unpaired) electrons. The fourth-order valence-corrected chi connectivity index (χ4v) is 2.70. The molecule has 100 valence electrons. The molecule has 1 saturated carbocycles. The van der Waals surface area contributed by atoms with Crippen molar-refractivity contribution in [1.29, 1.82) is 0 Å². The zero-order valence-corrected chi connectivity index (χ0v) is 11.6. The summed E-state index contributed by atoms with van der Waals surface area (Å²) in [7, 11) is 1.92. The van der Waals surface area contributed by atoms with Crippen LogP contribution in [0.2, 0.25) is 0 Å². The molecule has 19 heavy (non-hydrogen) atoms. The Labute approximate surface area is 112 Å². The summed E-state index contributed by atoms with van der Waals surface area (Å²) in [6.07, 6.45) is 2.27. The Morgan fingerprint density at radius 1 is 1.26 bits per heavy atom. The third-order valence-corrected chi connectivity index (χ3v) is 3.90. The van der Waals surface area contributed by atoms with E-state index in [2.05, 4.69) is 6.07 Å². The summed E-state index contributed by atoms with van der Waals surface area (Å²) in [6, 6.07) is 6.13. The van der Waals surface area contributed by atoms with E-state index in [1.807, 2.05) is 37.7 Å². The van der Waals surface area contributed by atoms with Gasteiger partial charge in [-0.1, -0.05) is 12.1 Å². The number of nitrogens with two attached hydrogens (primary N) is 1. The number of hydrogen-bond acceptors (Lipinski definition) is 2. The van der Waals surface area contributed by atoms with Gasteiger partial charge in [-0.25, -0.2) is 4.68 Å². The average Bonchev–Trinajstić information content (AvgIpc) is 3.15. The van der Waals surface area contributed by atoms with Crippen molar-refractivity contribution < 1.29 is 0 Å². The number of aryl methyl sites for hydroxylation is 2. The van der Waals surface area contributed by atoms with E-state index in [1.165, 1.54) is 0 Å². The largest absolute Gasteiger partial charge is 0.393 e. The lowest BCUT2D eigenvalue weighted by molar-refractivity contribution is 0.614. The third-order valence-electron chi connectivity index (χ3n) is 3.90. The van der Waals surface area contributed by atoms with Crippen LogP contribution in [0.5, 0.6) is 0 Å². The van der Waals surface area contributed by atoms with Gasteiger partial charge in [-0.2, -0.15) is 0 Å². The average molecular weight is 257 g/mol. The quantitative estimate of drug-likeness (QED) is 0.897. The first-order chi connectivity index (χ1) is 9.00. The summed E-state index contributed by atoms with van der Waals surface area (Å²) in [6.45, 7) is 4.04. The third kappa shape index (κ3) is 1.79. The van der Waals surface area contributed by atoms with Crippen molar-refractivity contribution in [3.8, 4) is 5.69 Å². The highest BCUT2D eigenvalue weighted by molar-refractivity contribution is 5.50. The van der Waals surface area contributed by atoms with Gasteiger partial charge in [0.15, 0.2) is 0 Å². The Kier molecular flexibility index (Phi) is 2.55. The van der Waals surface area contributed by atoms with Crippen LogP contribution >= 0.6 is 0 Å². The van der Waals surface area contributed by atoms with Crippen LogP contribution in [0.3, 0.4) is 0 Å². The molecule has 4 heteroatoms. The van der Waals surface area contributed by atoms with Gasteiger partial charge in [0.25, 0.3) is 5.56 Å². The summed E-state index contributed by atoms with van der Waals surface area (Å²) in [4.78, 5) is 12.4. The minimum atomic E-state index is -0.0990. The number of rotatable bonds is 2. The van der Waals surface area contributed by atoms with Gasteiger partial charge in [-0.15, -0.1) is 0 Å². The molecular formula is C15H19N3O. The molecule has 0 aliphatic heterocycles. The summed E-state index contributed by atoms with van der Waals surface area (Å²) in [5, 5.41) is 0. The van der Waals surface area contributed by atoms with E-state index in [0.717, 1.165) is 35.3 Å². The van der Waals surface area contributed by atoms with Crippen LogP contribution in [-0.4, -0.2) is 9.36 Å². The van der Waals surface area contributed by atoms with Gasteiger partial charge in [0.2, 0.25) is 0 Å². The van der Waals surface area contributed by atoms with E-state index in [0.29, 0.717) is 11.6 Å². The highest BCUT2D eigenvalue weighted by atomic mass is 16.1. The van der Waals surface area contributed by atoms with Gasteiger partial charge in [-0.05, 0) is 43.9 Å². The van der Waals surface area contributed by atoms with Gasteiger partial charge in [-0.3, -0.25) is 9.48 Å². The second-order valence-electron chi connectivity index (χ2n) is 5.50. The minimum Gasteiger partial charge on any atom is -0.393 e. The van der Waals surface area contributed by atoms with E-state index in [1.54, 1.807) is 4.68 Å². The molecule has 1 aromatic heterocycles. The number of hydrogen-bond donors (Lipinski definition) is 1. The van der Waals surface area contributed by atoms with Crippen LogP contribution in [0, 0.1) is 13.8 Å². The molecule has 1 heterocycles. The Balaban J connectivity index is 2.28. The summed E-state index contributed by atoms with van der Waals surface area (Å²) in [5.41, 5.74) is 10.5. The molecule has 0 spiro atoms. The molecule has 0 amide bonds. The number of nitrogen functional groups attached to an aromatic ring is 1. The highest BCUT2D eigenvalue weighted by Gasteiger charge is 2.31. The number of aromatic nitrogens is 2. The SMILES string of the molecule is Cc1ccc(C)c(-n2c(=O)c(N)c(C3CC3)n2C)c1. The van der Waals surface area contributed by atoms with Gasteiger partial charge in [0.05, 0.1) is 11.4 Å². The molecule has 0 atom stereocenters. The van der Waals surface area contributed by atoms with E-state index in [-0.39, 0.29) is 5.56 Å². The van der Waals surface area contributed by atoms with E-state index < -0.39 is 0 Å². The normalized spacial score (nSPS) is 14.9. The molecule has 2 N–H and O–H groups in total. The smallest absolute Gasteiger partial charge is 0.294 e. The molecule has 0 saturated heterocycles. The molecule has 4 nitrogen and oxygen atoms in total. The first kappa shape index (κ1) is 12.1. The molecular weight excluding hydrogens is 238 g/mol. The Morgan fingerprint density at radius 2 is 1.95 bits per heavy atom. The van der Waals surface area contributed by atoms with E-state index >= 15 is 0 Å². The fourth-order valence-electron chi connectivity index (χ4n) is 2.70. The van der Waals surface area contributed by atoms with Gasteiger partial charge in [0, 0.05) is 13.0 Å². The van der Waals surface area contributed by atoms with E-state index in [9.17, 15) is 4.79 Å². The number of nitrogens with zero attached hydrogens (tertiary/aromatic N) is 2. The predicted molar refractivity (Wildman–Crippen MR) is 76.9 cm³/mol. The highest BCUT2D eigenvalue weighted by Crippen LogP contribution is 2.42. The monoisotopic (exact) mass is 257 g/mol. The van der Waals surface area contributed by atoms with Crippen LogP contribution in [0.1, 0.15) is 35.6 Å². The van der Waals surface area contributed by atoms with Crippen molar-refractivity contribution in [1.82, 2.24) is 9.36 Å². The summed E-state index contributed by atoms with van der Waals surface area (Å²) >= 11 is 0. The standard InChI is InChI=1S/C15H19N3O/c1-9-4-5-10(2)12(8-9)18-15(19)13(16)14(17(18)3)11-6-7-11/h4-5,8,11H,6-7,16H2,1-3H3. The molecule has 3 rings (SSSR count). The number of anilines is 1. The van der Waals surface area contributed by atoms with Gasteiger partial charge < -0.3 is 5.73 Å². The number of benzene rings is 1. The van der Waals surface area contributed by atoms with Crippen LogP contribution in [0.25, 0.3) is 5.69 Å². The van der Waals surface area contributed by atoms with Crippen molar-refractivity contribution in [3.05, 3.63) is 45.4 Å². The van der Waals surface area contributed by atoms with Gasteiger partial charge >= 0.3 is 0 Å². The maximum atomic E-state index is 12.4. The molecule has 1 fully saturated rings. The first-order valence-corrected chi connectivity index (χ1v) is 6.65. The van der Waals surface area contributed by atoms with Crippen molar-refractivity contribution in [3.63, 3.8) is 0 Å². The molecule has 1 aliphatic carbocycles. The Bertz CT molecular complexity index is 705. The maximum absolute atomic E-state index is 12.4. The molecule has 1 aliphatic rings. The Morgan fingerprint density at radius 3 is 2.58 bits per heavy atom. The molecule has 0 bridgehead atoms. The lowest BCUT2D eigenvalue weighted by Gasteiger charge is -2.12. The minimum absolute atomic E-state index is 0.0990. The second-order valence-corrected chi connectivity index (χ2v) is 5.50. The molecule has 1 aromatic carbocycles. The second kappa shape index (κ2) is 4.02. The topological polar surface area (TPSA) is 52.9 Å². The van der Waals surface area contributed by atoms with Crippen molar-refractivity contribution in [2.45, 2.75) is 32.6 Å². The van der Waals surface area contributed by atoms with Crippen LogP contribution < -0.4 is 11.3 Å². The van der Waals surface area contributed by atoms with E-state index in [4.69, 9.17) is 5.73 Å². The lowest BCUT2D eigenvalue weighted by atomic mass is 10.1. The van der Waals surface area contributed by atoms with Crippen molar-refractivity contribution >= 4 is 5.69 Å². The fraction of sp³-hybridized carbons (Fsp3) is 0.400. The molecule has 0 unspecified atom stereocenters. The van der Waals surface area contributed by atoms with Crippen LogP contribution in [0.4, 0.5) is 5.69 Å². The summed E-state index contributed by atoms with van der Waals surface area (Å²) < 4.78 is 3.63. The zero-order chi connectivity index (χ0) is 13.7. The predicted octanol–water partition coefficient (Wildman–Crippen LogP) is 2.25. The van der Waals surface area contributed by atoms with Crippen LogP contribution in [0.15, 0.2) is 23.0 Å². The van der Waals surface area contributed by atoms with Crippen LogP contribution in [-0.2, 0) is 7.05 Å². The lowest BCUT2D eigenvalue weighted by Crippen LogP contribution is -2.21. The summed E-state index contributed by atoms with van der Waals surface area (Å²) in [5.74, 6) is 0.462. The molecule has 2 aromatic rings. The zero-order valence-electron chi connectivity index (χ0n) is 11.6. The van der Waals surface area contributed by atoms with Crippen molar-refractivity contribution in [2.24, 2.45) is 7.05 Å². The maximum Gasteiger partial charge on any atom is 0.294 e. The Hall–Kier alpha value is -1.97.